The minimum absolute atomic E-state index is 0.0641. The number of hydrogen-bond donors (Lipinski definition) is 7. The van der Waals surface area contributed by atoms with Crippen LogP contribution < -0.4 is 22.1 Å². The monoisotopic (exact) mass is 552 g/mol. The molecule has 0 aliphatic carbocycles. The van der Waals surface area contributed by atoms with E-state index >= 15 is 0 Å². The van der Waals surface area contributed by atoms with E-state index in [4.69, 9.17) is 11.5 Å². The van der Waals surface area contributed by atoms with Gasteiger partial charge in [-0.05, 0) is 30.9 Å². The van der Waals surface area contributed by atoms with Crippen molar-refractivity contribution < 1.29 is 29.1 Å². The van der Waals surface area contributed by atoms with Crippen LogP contribution in [0.5, 0.6) is 0 Å². The van der Waals surface area contributed by atoms with Crippen LogP contribution in [0.3, 0.4) is 0 Å². The lowest BCUT2D eigenvalue weighted by Gasteiger charge is -2.29. The summed E-state index contributed by atoms with van der Waals surface area (Å²) in [5.41, 5.74) is 13.7. The highest BCUT2D eigenvalue weighted by molar-refractivity contribution is 5.95. The van der Waals surface area contributed by atoms with E-state index in [-0.39, 0.29) is 25.8 Å². The third-order valence-electron chi connectivity index (χ3n) is 6.90. The zero-order valence-electron chi connectivity index (χ0n) is 21.6. The second-order valence-corrected chi connectivity index (χ2v) is 9.77. The summed E-state index contributed by atoms with van der Waals surface area (Å²) >= 11 is 0. The minimum Gasteiger partial charge on any atom is -0.480 e. The lowest BCUT2D eigenvalue weighted by atomic mass is 10.0. The van der Waals surface area contributed by atoms with Crippen LogP contribution >= 0.6 is 0 Å². The van der Waals surface area contributed by atoms with E-state index in [9.17, 15) is 29.1 Å². The molecule has 4 rings (SSSR count). The Labute approximate surface area is 228 Å². The van der Waals surface area contributed by atoms with Gasteiger partial charge in [-0.3, -0.25) is 19.2 Å². The molecule has 0 bridgehead atoms. The molecule has 14 nitrogen and oxygen atoms in total. The number of likely N-dealkylation sites (tertiary alicyclic amines) is 1. The summed E-state index contributed by atoms with van der Waals surface area (Å²) in [6.45, 7) is 0.223. The van der Waals surface area contributed by atoms with Gasteiger partial charge in [-0.2, -0.15) is 0 Å². The largest absolute Gasteiger partial charge is 0.480 e. The Kier molecular flexibility index (Phi) is 8.79. The lowest BCUT2D eigenvalue weighted by Crippen LogP contribution is -2.57. The third-order valence-corrected chi connectivity index (χ3v) is 6.90. The maximum atomic E-state index is 13.7. The van der Waals surface area contributed by atoms with Crippen LogP contribution in [0.2, 0.25) is 0 Å². The quantitative estimate of drug-likeness (QED) is 0.146. The van der Waals surface area contributed by atoms with E-state index in [1.54, 1.807) is 6.20 Å². The number of nitrogens with zero attached hydrogens (tertiary/aromatic N) is 2. The van der Waals surface area contributed by atoms with Crippen molar-refractivity contribution in [1.29, 1.82) is 0 Å². The normalized spacial score (nSPS) is 17.2. The minimum atomic E-state index is -1.52. The average molecular weight is 553 g/mol. The predicted molar refractivity (Wildman–Crippen MR) is 142 cm³/mol. The summed E-state index contributed by atoms with van der Waals surface area (Å²) in [4.78, 5) is 73.9. The van der Waals surface area contributed by atoms with Crippen LogP contribution in [-0.4, -0.2) is 85.3 Å². The van der Waals surface area contributed by atoms with Crippen LogP contribution in [0.4, 0.5) is 0 Å². The number of H-pyrrole nitrogens is 2. The molecule has 4 atom stereocenters. The molecule has 212 valence electrons. The summed E-state index contributed by atoms with van der Waals surface area (Å²) in [5.74, 6) is -4.10. The molecule has 1 aliphatic rings. The van der Waals surface area contributed by atoms with Crippen molar-refractivity contribution in [3.63, 3.8) is 0 Å². The highest BCUT2D eigenvalue weighted by Crippen LogP contribution is 2.21. The number of hydrogen-bond acceptors (Lipinski definition) is 7. The van der Waals surface area contributed by atoms with Crippen molar-refractivity contribution in [2.24, 2.45) is 11.5 Å². The molecular formula is C26H32N8O6. The number of nitrogens with two attached hydrogens (primary N) is 2. The number of aliphatic carboxylic acids is 1. The highest BCUT2D eigenvalue weighted by Gasteiger charge is 2.39. The van der Waals surface area contributed by atoms with E-state index in [1.807, 2.05) is 24.3 Å². The Morgan fingerprint density at radius 2 is 1.88 bits per heavy atom. The number of carbonyl (C=O) groups excluding carboxylic acids is 4. The second-order valence-electron chi connectivity index (χ2n) is 9.77. The molecule has 1 fully saturated rings. The van der Waals surface area contributed by atoms with Gasteiger partial charge in [0.15, 0.2) is 0 Å². The smallest absolute Gasteiger partial charge is 0.326 e. The van der Waals surface area contributed by atoms with Gasteiger partial charge < -0.3 is 42.1 Å². The van der Waals surface area contributed by atoms with Crippen LogP contribution in [0.1, 0.15) is 30.5 Å². The molecule has 2 aromatic heterocycles. The van der Waals surface area contributed by atoms with Gasteiger partial charge in [-0.15, -0.1) is 0 Å². The maximum absolute atomic E-state index is 13.7. The van der Waals surface area contributed by atoms with E-state index in [2.05, 4.69) is 25.6 Å². The van der Waals surface area contributed by atoms with Gasteiger partial charge in [0.1, 0.15) is 18.1 Å². The molecule has 0 spiro atoms. The molecule has 0 saturated carbocycles. The number of amides is 4. The first kappa shape index (κ1) is 28.3. The number of nitrogens with one attached hydrogen (secondary N) is 4. The van der Waals surface area contributed by atoms with Crippen LogP contribution in [0.25, 0.3) is 10.9 Å². The van der Waals surface area contributed by atoms with E-state index in [0.717, 1.165) is 16.5 Å². The second kappa shape index (κ2) is 12.4. The first-order valence-corrected chi connectivity index (χ1v) is 12.8. The lowest BCUT2D eigenvalue weighted by molar-refractivity contribution is -0.145. The van der Waals surface area contributed by atoms with Crippen LogP contribution in [0.15, 0.2) is 43.0 Å². The highest BCUT2D eigenvalue weighted by atomic mass is 16.4. The molecule has 0 radical (unpaired) electrons. The number of aromatic amines is 2. The van der Waals surface area contributed by atoms with Crippen molar-refractivity contribution >= 4 is 40.5 Å². The average Bonchev–Trinajstić information content (AvgIpc) is 3.69. The maximum Gasteiger partial charge on any atom is 0.326 e. The van der Waals surface area contributed by atoms with Crippen LogP contribution in [0, 0.1) is 0 Å². The Balaban J connectivity index is 1.48. The zero-order chi connectivity index (χ0) is 28.8. The van der Waals surface area contributed by atoms with Gasteiger partial charge in [0, 0.05) is 42.0 Å². The van der Waals surface area contributed by atoms with Crippen LogP contribution in [-0.2, 0) is 36.8 Å². The number of rotatable bonds is 12. The Morgan fingerprint density at radius 3 is 2.58 bits per heavy atom. The number of primary amides is 1. The number of carboxylic acids is 1. The fourth-order valence-electron chi connectivity index (χ4n) is 4.90. The topological polar surface area (TPSA) is 229 Å². The number of fused-ring (bicyclic) bond motifs is 1. The van der Waals surface area contributed by atoms with Gasteiger partial charge in [0.2, 0.25) is 23.6 Å². The Morgan fingerprint density at radius 1 is 1.10 bits per heavy atom. The fourth-order valence-corrected chi connectivity index (χ4v) is 4.90. The molecule has 14 heteroatoms. The molecule has 3 heterocycles. The summed E-state index contributed by atoms with van der Waals surface area (Å²) in [5, 5.41) is 15.3. The standard InChI is InChI=1S/C26H32N8O6/c27-17(8-14-11-30-18-5-2-1-4-16(14)18)23(36)32-19(9-15-12-29-13-31-15)25(38)34-7-3-6-21(34)24(37)33-20(26(39)40)10-22(28)35/h1-2,4-5,11-13,17,19-21,30H,3,6-10,27H2,(H2,28,35)(H,29,31)(H,32,36)(H,33,37)(H,39,40). The fraction of sp³-hybridized carbons (Fsp3) is 0.385. The molecule has 4 unspecified atom stereocenters. The summed E-state index contributed by atoms with van der Waals surface area (Å²) in [6.07, 6.45) is 5.23. The van der Waals surface area contributed by atoms with Gasteiger partial charge in [0.25, 0.3) is 0 Å². The first-order valence-electron chi connectivity index (χ1n) is 12.8. The summed E-state index contributed by atoms with van der Waals surface area (Å²) in [7, 11) is 0. The van der Waals surface area contributed by atoms with E-state index in [0.29, 0.717) is 12.1 Å². The molecule has 3 aromatic rings. The van der Waals surface area contributed by atoms with Crippen molar-refractivity contribution in [2.75, 3.05) is 6.54 Å². The SMILES string of the molecule is NC(=O)CC(NC(=O)C1CCCN1C(=O)C(Cc1cnc[nH]1)NC(=O)C(N)Cc1c[nH]c2ccccc12)C(=O)O. The number of benzene rings is 1. The predicted octanol–water partition coefficient (Wildman–Crippen LogP) is -1.08. The van der Waals surface area contributed by atoms with Crippen molar-refractivity contribution in [3.8, 4) is 0 Å². The molecule has 1 aromatic carbocycles. The molecule has 9 N–H and O–H groups in total. The van der Waals surface area contributed by atoms with E-state index < -0.39 is 60.2 Å². The molecule has 1 saturated heterocycles. The number of aromatic nitrogens is 3. The number of imidazole rings is 1. The molecule has 1 aliphatic heterocycles. The molecule has 4 amide bonds. The van der Waals surface area contributed by atoms with Crippen molar-refractivity contribution in [1.82, 2.24) is 30.5 Å². The summed E-state index contributed by atoms with van der Waals surface area (Å²) < 4.78 is 0. The van der Waals surface area contributed by atoms with Crippen molar-refractivity contribution in [3.05, 3.63) is 54.2 Å². The number of carbonyl (C=O) groups is 5. The van der Waals surface area contributed by atoms with Gasteiger partial charge in [-0.1, -0.05) is 18.2 Å². The van der Waals surface area contributed by atoms with Gasteiger partial charge in [-0.25, -0.2) is 9.78 Å². The summed E-state index contributed by atoms with van der Waals surface area (Å²) in [6, 6.07) is 3.09. The number of carboxylic acid groups (broad SMARTS) is 1. The molecule has 40 heavy (non-hydrogen) atoms. The van der Waals surface area contributed by atoms with Crippen molar-refractivity contribution in [2.45, 2.75) is 56.3 Å². The van der Waals surface area contributed by atoms with E-state index in [1.165, 1.54) is 17.4 Å². The Hall–Kier alpha value is -4.72. The third kappa shape index (κ3) is 6.64. The molecular weight excluding hydrogens is 520 g/mol. The first-order chi connectivity index (χ1) is 19.1. The van der Waals surface area contributed by atoms with Gasteiger partial charge >= 0.3 is 5.97 Å². The zero-order valence-corrected chi connectivity index (χ0v) is 21.6. The van der Waals surface area contributed by atoms with Gasteiger partial charge in [0.05, 0.1) is 18.8 Å². The number of para-hydroxylation sites is 1. The Bertz CT molecular complexity index is 1390.